The molecule has 100 valence electrons. The number of nitrogens with two attached hydrogens (primary N) is 1. The molecule has 0 aromatic heterocycles. The standard InChI is InChI=1S/C14H12BrF2NO/c1-19-13-5-2-8(6-12(13)17)14(18)10-4-3-9(16)7-11(10)15/h2-7,14H,18H2,1H3. The molecule has 5 heteroatoms. The summed E-state index contributed by atoms with van der Waals surface area (Å²) in [6.07, 6.45) is 0. The van der Waals surface area contributed by atoms with E-state index in [2.05, 4.69) is 15.9 Å². The van der Waals surface area contributed by atoms with Gasteiger partial charge in [-0.25, -0.2) is 8.78 Å². The van der Waals surface area contributed by atoms with Crippen molar-refractivity contribution in [3.63, 3.8) is 0 Å². The summed E-state index contributed by atoms with van der Waals surface area (Å²) < 4.78 is 32.1. The SMILES string of the molecule is COc1ccc(C(N)c2ccc(F)cc2Br)cc1F. The third-order valence-electron chi connectivity index (χ3n) is 2.83. The van der Waals surface area contributed by atoms with Crippen LogP contribution in [0.25, 0.3) is 0 Å². The average Bonchev–Trinajstić information content (AvgIpc) is 2.38. The van der Waals surface area contributed by atoms with Gasteiger partial charge in [-0.05, 0) is 35.4 Å². The minimum atomic E-state index is -0.546. The topological polar surface area (TPSA) is 35.2 Å². The van der Waals surface area contributed by atoms with Gasteiger partial charge >= 0.3 is 0 Å². The highest BCUT2D eigenvalue weighted by Gasteiger charge is 2.15. The fraction of sp³-hybridized carbons (Fsp3) is 0.143. The first-order valence-corrected chi connectivity index (χ1v) is 6.36. The highest BCUT2D eigenvalue weighted by Crippen LogP contribution is 2.29. The lowest BCUT2D eigenvalue weighted by Gasteiger charge is -2.15. The van der Waals surface area contributed by atoms with Gasteiger partial charge in [-0.3, -0.25) is 0 Å². The second kappa shape index (κ2) is 5.67. The molecule has 0 saturated heterocycles. The van der Waals surface area contributed by atoms with E-state index in [0.717, 1.165) is 0 Å². The largest absolute Gasteiger partial charge is 0.494 e. The summed E-state index contributed by atoms with van der Waals surface area (Å²) in [5, 5.41) is 0. The molecule has 2 N–H and O–H groups in total. The maximum absolute atomic E-state index is 13.6. The summed E-state index contributed by atoms with van der Waals surface area (Å²) in [5.74, 6) is -0.674. The van der Waals surface area contributed by atoms with Gasteiger partial charge in [0.15, 0.2) is 11.6 Å². The third kappa shape index (κ3) is 2.93. The van der Waals surface area contributed by atoms with Crippen molar-refractivity contribution in [3.05, 3.63) is 63.6 Å². The molecule has 2 aromatic rings. The van der Waals surface area contributed by atoms with Gasteiger partial charge in [-0.1, -0.05) is 28.1 Å². The van der Waals surface area contributed by atoms with Crippen LogP contribution in [0.5, 0.6) is 5.75 Å². The summed E-state index contributed by atoms with van der Waals surface area (Å²) in [6.45, 7) is 0. The van der Waals surface area contributed by atoms with Crippen molar-refractivity contribution >= 4 is 15.9 Å². The second-order valence-electron chi connectivity index (χ2n) is 4.04. The lowest BCUT2D eigenvalue weighted by molar-refractivity contribution is 0.386. The second-order valence-corrected chi connectivity index (χ2v) is 4.89. The van der Waals surface area contributed by atoms with Crippen molar-refractivity contribution in [2.75, 3.05) is 7.11 Å². The van der Waals surface area contributed by atoms with Gasteiger partial charge in [-0.15, -0.1) is 0 Å². The molecule has 0 aliphatic heterocycles. The van der Waals surface area contributed by atoms with Crippen LogP contribution in [0.3, 0.4) is 0 Å². The van der Waals surface area contributed by atoms with Crippen LogP contribution in [-0.2, 0) is 0 Å². The van der Waals surface area contributed by atoms with Gasteiger partial charge in [0.1, 0.15) is 5.82 Å². The Morgan fingerprint density at radius 2 is 1.89 bits per heavy atom. The van der Waals surface area contributed by atoms with E-state index in [1.54, 1.807) is 12.1 Å². The zero-order chi connectivity index (χ0) is 14.0. The number of ether oxygens (including phenoxy) is 1. The molecule has 0 aliphatic rings. The Hall–Kier alpha value is -1.46. The fourth-order valence-corrected chi connectivity index (χ4v) is 2.41. The van der Waals surface area contributed by atoms with E-state index in [0.29, 0.717) is 15.6 Å². The Morgan fingerprint density at radius 3 is 2.47 bits per heavy atom. The van der Waals surface area contributed by atoms with Crippen molar-refractivity contribution in [1.82, 2.24) is 0 Å². The first-order valence-electron chi connectivity index (χ1n) is 5.57. The summed E-state index contributed by atoms with van der Waals surface area (Å²) in [5.41, 5.74) is 7.34. The molecule has 0 aliphatic carbocycles. The maximum atomic E-state index is 13.6. The number of benzene rings is 2. The van der Waals surface area contributed by atoms with Gasteiger partial charge in [0.05, 0.1) is 13.2 Å². The molecule has 0 amide bonds. The maximum Gasteiger partial charge on any atom is 0.165 e. The minimum absolute atomic E-state index is 0.161. The van der Waals surface area contributed by atoms with E-state index in [4.69, 9.17) is 10.5 Å². The van der Waals surface area contributed by atoms with E-state index in [1.165, 1.54) is 31.4 Å². The molecule has 0 heterocycles. The Kier molecular flexibility index (Phi) is 4.17. The summed E-state index contributed by atoms with van der Waals surface area (Å²) in [7, 11) is 1.40. The van der Waals surface area contributed by atoms with Crippen molar-refractivity contribution in [1.29, 1.82) is 0 Å². The highest BCUT2D eigenvalue weighted by atomic mass is 79.9. The summed E-state index contributed by atoms with van der Waals surface area (Å²) >= 11 is 3.25. The molecule has 2 rings (SSSR count). The quantitative estimate of drug-likeness (QED) is 0.931. The van der Waals surface area contributed by atoms with E-state index in [1.807, 2.05) is 0 Å². The Bertz CT molecular complexity index is 604. The van der Waals surface area contributed by atoms with Crippen LogP contribution < -0.4 is 10.5 Å². The van der Waals surface area contributed by atoms with E-state index in [-0.39, 0.29) is 11.6 Å². The Balaban J connectivity index is 2.38. The van der Waals surface area contributed by atoms with Crippen molar-refractivity contribution in [2.45, 2.75) is 6.04 Å². The lowest BCUT2D eigenvalue weighted by Crippen LogP contribution is -2.13. The van der Waals surface area contributed by atoms with Crippen LogP contribution in [0, 0.1) is 11.6 Å². The van der Waals surface area contributed by atoms with Crippen molar-refractivity contribution in [2.24, 2.45) is 5.73 Å². The lowest BCUT2D eigenvalue weighted by atomic mass is 9.99. The molecule has 1 unspecified atom stereocenters. The van der Waals surface area contributed by atoms with E-state index in [9.17, 15) is 8.78 Å². The molecule has 0 fully saturated rings. The zero-order valence-corrected chi connectivity index (χ0v) is 11.7. The van der Waals surface area contributed by atoms with E-state index < -0.39 is 11.9 Å². The molecular formula is C14H12BrF2NO. The number of hydrogen-bond acceptors (Lipinski definition) is 2. The highest BCUT2D eigenvalue weighted by molar-refractivity contribution is 9.10. The fourth-order valence-electron chi connectivity index (χ4n) is 1.81. The predicted octanol–water partition coefficient (Wildman–Crippen LogP) is 3.78. The molecule has 1 atom stereocenters. The molecular weight excluding hydrogens is 316 g/mol. The Morgan fingerprint density at radius 1 is 1.16 bits per heavy atom. The average molecular weight is 328 g/mol. The van der Waals surface area contributed by atoms with Gasteiger partial charge < -0.3 is 10.5 Å². The van der Waals surface area contributed by atoms with Crippen molar-refractivity contribution < 1.29 is 13.5 Å². The smallest absolute Gasteiger partial charge is 0.165 e. The predicted molar refractivity (Wildman–Crippen MR) is 73.1 cm³/mol. The zero-order valence-electron chi connectivity index (χ0n) is 10.2. The van der Waals surface area contributed by atoms with Gasteiger partial charge in [0.25, 0.3) is 0 Å². The molecule has 2 nitrogen and oxygen atoms in total. The molecule has 0 spiro atoms. The summed E-state index contributed by atoms with van der Waals surface area (Å²) in [4.78, 5) is 0. The first kappa shape index (κ1) is 14.0. The van der Waals surface area contributed by atoms with Gasteiger partial charge in [-0.2, -0.15) is 0 Å². The van der Waals surface area contributed by atoms with Crippen LogP contribution in [0.4, 0.5) is 8.78 Å². The Labute approximate surface area is 118 Å². The molecule has 19 heavy (non-hydrogen) atoms. The molecule has 0 saturated carbocycles. The van der Waals surface area contributed by atoms with Crippen LogP contribution >= 0.6 is 15.9 Å². The molecule has 0 bridgehead atoms. The van der Waals surface area contributed by atoms with E-state index >= 15 is 0 Å². The van der Waals surface area contributed by atoms with Gasteiger partial charge in [0, 0.05) is 4.47 Å². The number of methoxy groups -OCH3 is 1. The van der Waals surface area contributed by atoms with Gasteiger partial charge in [0.2, 0.25) is 0 Å². The third-order valence-corrected chi connectivity index (χ3v) is 3.52. The van der Waals surface area contributed by atoms with Crippen LogP contribution in [0.1, 0.15) is 17.2 Å². The molecule has 2 aromatic carbocycles. The van der Waals surface area contributed by atoms with Crippen LogP contribution in [0.15, 0.2) is 40.9 Å². The normalized spacial score (nSPS) is 12.3. The monoisotopic (exact) mass is 327 g/mol. The summed E-state index contributed by atoms with van der Waals surface area (Å²) in [6, 6.07) is 8.19. The first-order chi connectivity index (χ1) is 9.02. The number of hydrogen-bond donors (Lipinski definition) is 1. The van der Waals surface area contributed by atoms with Crippen molar-refractivity contribution in [3.8, 4) is 5.75 Å². The van der Waals surface area contributed by atoms with Crippen LogP contribution in [-0.4, -0.2) is 7.11 Å². The number of halogens is 3. The minimum Gasteiger partial charge on any atom is -0.494 e. The van der Waals surface area contributed by atoms with Crippen LogP contribution in [0.2, 0.25) is 0 Å². The molecule has 0 radical (unpaired) electrons. The number of rotatable bonds is 3.